The number of hydrogen-bond acceptors (Lipinski definition) is 2. The van der Waals surface area contributed by atoms with Crippen LogP contribution in [0, 0.1) is 5.41 Å². The van der Waals surface area contributed by atoms with Gasteiger partial charge in [0.1, 0.15) is 0 Å². The molecule has 1 fully saturated rings. The fourth-order valence-electron chi connectivity index (χ4n) is 1.56. The van der Waals surface area contributed by atoms with Crippen LogP contribution in [0.5, 0.6) is 0 Å². The van der Waals surface area contributed by atoms with Gasteiger partial charge in [0.15, 0.2) is 0 Å². The lowest BCUT2D eigenvalue weighted by Crippen LogP contribution is -2.61. The van der Waals surface area contributed by atoms with Crippen molar-refractivity contribution < 1.29 is 9.59 Å². The standard InChI is InChI=1S/C10H18N2O2/c1-5-10(4)6-11-9(14)12(7(2)3)8(10)13/h7H,5-6H2,1-4H3,(H,11,14). The molecule has 0 aromatic carbocycles. The Balaban J connectivity index is 2.94. The van der Waals surface area contributed by atoms with Crippen LogP contribution >= 0.6 is 0 Å². The molecule has 0 radical (unpaired) electrons. The summed E-state index contributed by atoms with van der Waals surface area (Å²) in [6.45, 7) is 8.00. The lowest BCUT2D eigenvalue weighted by Gasteiger charge is -2.39. The van der Waals surface area contributed by atoms with Gasteiger partial charge < -0.3 is 5.32 Å². The van der Waals surface area contributed by atoms with E-state index in [0.717, 1.165) is 6.42 Å². The summed E-state index contributed by atoms with van der Waals surface area (Å²) in [4.78, 5) is 24.8. The quantitative estimate of drug-likeness (QED) is 0.728. The predicted molar refractivity (Wildman–Crippen MR) is 53.8 cm³/mol. The zero-order valence-corrected chi connectivity index (χ0v) is 9.26. The molecule has 0 aliphatic carbocycles. The molecule has 14 heavy (non-hydrogen) atoms. The number of carbonyl (C=O) groups is 2. The third-order valence-electron chi connectivity index (χ3n) is 2.88. The van der Waals surface area contributed by atoms with Gasteiger partial charge in [-0.3, -0.25) is 9.69 Å². The number of carbonyl (C=O) groups excluding carboxylic acids is 2. The third kappa shape index (κ3) is 1.61. The van der Waals surface area contributed by atoms with Crippen molar-refractivity contribution in [1.29, 1.82) is 0 Å². The van der Waals surface area contributed by atoms with E-state index in [2.05, 4.69) is 5.32 Å². The molecule has 1 atom stereocenters. The zero-order valence-electron chi connectivity index (χ0n) is 9.26. The number of amides is 3. The molecular weight excluding hydrogens is 180 g/mol. The summed E-state index contributed by atoms with van der Waals surface area (Å²) in [6, 6.07) is -0.343. The average Bonchev–Trinajstić information content (AvgIpc) is 2.12. The molecule has 0 aromatic heterocycles. The first-order valence-corrected chi connectivity index (χ1v) is 5.04. The molecule has 1 N–H and O–H groups in total. The fourth-order valence-corrected chi connectivity index (χ4v) is 1.56. The van der Waals surface area contributed by atoms with Gasteiger partial charge in [-0.1, -0.05) is 6.92 Å². The van der Waals surface area contributed by atoms with Crippen molar-refractivity contribution in [2.24, 2.45) is 5.41 Å². The normalized spacial score (nSPS) is 28.2. The van der Waals surface area contributed by atoms with Crippen molar-refractivity contribution in [3.63, 3.8) is 0 Å². The Morgan fingerprint density at radius 2 is 2.07 bits per heavy atom. The maximum atomic E-state index is 12.0. The highest BCUT2D eigenvalue weighted by molar-refractivity contribution is 6.00. The number of imide groups is 1. The highest BCUT2D eigenvalue weighted by Crippen LogP contribution is 2.27. The van der Waals surface area contributed by atoms with Gasteiger partial charge in [0.25, 0.3) is 0 Å². The van der Waals surface area contributed by atoms with Gasteiger partial charge in [0.05, 0.1) is 5.41 Å². The summed E-state index contributed by atoms with van der Waals surface area (Å²) in [7, 11) is 0. The Morgan fingerprint density at radius 3 is 2.50 bits per heavy atom. The number of nitrogens with zero attached hydrogens (tertiary/aromatic N) is 1. The minimum atomic E-state index is -0.432. The maximum absolute atomic E-state index is 12.0. The lowest BCUT2D eigenvalue weighted by atomic mass is 9.84. The molecule has 80 valence electrons. The highest BCUT2D eigenvalue weighted by atomic mass is 16.2. The third-order valence-corrected chi connectivity index (χ3v) is 2.88. The first-order chi connectivity index (χ1) is 6.42. The summed E-state index contributed by atoms with van der Waals surface area (Å²) >= 11 is 0. The van der Waals surface area contributed by atoms with Crippen molar-refractivity contribution in [2.75, 3.05) is 6.54 Å². The van der Waals surface area contributed by atoms with E-state index in [1.165, 1.54) is 4.90 Å². The fraction of sp³-hybridized carbons (Fsp3) is 0.800. The van der Waals surface area contributed by atoms with E-state index in [0.29, 0.717) is 6.54 Å². The molecule has 1 heterocycles. The largest absolute Gasteiger partial charge is 0.337 e. The zero-order chi connectivity index (χ0) is 10.9. The molecule has 1 aliphatic rings. The van der Waals surface area contributed by atoms with E-state index in [1.54, 1.807) is 0 Å². The van der Waals surface area contributed by atoms with Gasteiger partial charge in [-0.05, 0) is 27.2 Å². The van der Waals surface area contributed by atoms with E-state index < -0.39 is 5.41 Å². The molecule has 1 rings (SSSR count). The first kappa shape index (κ1) is 11.0. The Labute approximate surface area is 84.7 Å². The molecule has 0 bridgehead atoms. The van der Waals surface area contributed by atoms with Crippen molar-refractivity contribution in [3.05, 3.63) is 0 Å². The van der Waals surface area contributed by atoms with E-state index >= 15 is 0 Å². The number of hydrogen-bond donors (Lipinski definition) is 1. The van der Waals surface area contributed by atoms with Crippen molar-refractivity contribution >= 4 is 11.9 Å². The number of rotatable bonds is 2. The number of nitrogens with one attached hydrogen (secondary N) is 1. The van der Waals surface area contributed by atoms with Crippen LogP contribution in [0.1, 0.15) is 34.1 Å². The Hall–Kier alpha value is -1.06. The summed E-state index contributed by atoms with van der Waals surface area (Å²) in [6.07, 6.45) is 0.745. The van der Waals surface area contributed by atoms with E-state index in [1.807, 2.05) is 27.7 Å². The van der Waals surface area contributed by atoms with Crippen molar-refractivity contribution in [3.8, 4) is 0 Å². The van der Waals surface area contributed by atoms with Crippen LogP contribution in [0.2, 0.25) is 0 Å². The molecule has 0 aromatic rings. The molecule has 1 unspecified atom stereocenters. The molecular formula is C10H18N2O2. The van der Waals surface area contributed by atoms with Crippen LogP contribution in [0.25, 0.3) is 0 Å². The molecule has 3 amide bonds. The molecule has 1 aliphatic heterocycles. The van der Waals surface area contributed by atoms with Gasteiger partial charge in [-0.2, -0.15) is 0 Å². The van der Waals surface area contributed by atoms with Crippen molar-refractivity contribution in [1.82, 2.24) is 10.2 Å². The second-order valence-electron chi connectivity index (χ2n) is 4.34. The maximum Gasteiger partial charge on any atom is 0.324 e. The van der Waals surface area contributed by atoms with Crippen LogP contribution in [0.3, 0.4) is 0 Å². The predicted octanol–water partition coefficient (Wildman–Crippen LogP) is 1.36. The van der Waals surface area contributed by atoms with Crippen molar-refractivity contribution in [2.45, 2.75) is 40.2 Å². The molecule has 4 heteroatoms. The van der Waals surface area contributed by atoms with Gasteiger partial charge in [-0.25, -0.2) is 4.79 Å². The second kappa shape index (κ2) is 3.59. The SMILES string of the molecule is CCC1(C)CNC(=O)N(C(C)C)C1=O. The van der Waals surface area contributed by atoms with E-state index in [-0.39, 0.29) is 18.0 Å². The smallest absolute Gasteiger partial charge is 0.324 e. The molecule has 0 spiro atoms. The van der Waals surface area contributed by atoms with Crippen LogP contribution in [-0.2, 0) is 4.79 Å². The van der Waals surface area contributed by atoms with Crippen LogP contribution in [0.4, 0.5) is 4.79 Å². The summed E-state index contributed by atoms with van der Waals surface area (Å²) in [5, 5.41) is 2.75. The Morgan fingerprint density at radius 1 is 1.50 bits per heavy atom. The highest BCUT2D eigenvalue weighted by Gasteiger charge is 2.43. The van der Waals surface area contributed by atoms with Gasteiger partial charge in [0.2, 0.25) is 5.91 Å². The monoisotopic (exact) mass is 198 g/mol. The van der Waals surface area contributed by atoms with Crippen LogP contribution < -0.4 is 5.32 Å². The average molecular weight is 198 g/mol. The Kier molecular flexibility index (Phi) is 2.83. The van der Waals surface area contributed by atoms with Gasteiger partial charge in [-0.15, -0.1) is 0 Å². The minimum Gasteiger partial charge on any atom is -0.337 e. The summed E-state index contributed by atoms with van der Waals surface area (Å²) in [5.74, 6) is -0.0567. The minimum absolute atomic E-state index is 0.0567. The topological polar surface area (TPSA) is 49.4 Å². The van der Waals surface area contributed by atoms with E-state index in [9.17, 15) is 9.59 Å². The van der Waals surface area contributed by atoms with Crippen LogP contribution in [-0.4, -0.2) is 29.4 Å². The molecule has 0 saturated carbocycles. The number of urea groups is 1. The summed E-state index contributed by atoms with van der Waals surface area (Å²) in [5.41, 5.74) is -0.432. The van der Waals surface area contributed by atoms with E-state index in [4.69, 9.17) is 0 Å². The molecule has 1 saturated heterocycles. The first-order valence-electron chi connectivity index (χ1n) is 5.04. The lowest BCUT2D eigenvalue weighted by molar-refractivity contribution is -0.141. The molecule has 4 nitrogen and oxygen atoms in total. The Bertz CT molecular complexity index is 263. The summed E-state index contributed by atoms with van der Waals surface area (Å²) < 4.78 is 0. The second-order valence-corrected chi connectivity index (χ2v) is 4.34. The van der Waals surface area contributed by atoms with Gasteiger partial charge >= 0.3 is 6.03 Å². The van der Waals surface area contributed by atoms with Crippen LogP contribution in [0.15, 0.2) is 0 Å². The van der Waals surface area contributed by atoms with Gasteiger partial charge in [0, 0.05) is 12.6 Å².